The molecular formula is C23H26ClN7O7S4. The van der Waals surface area contributed by atoms with Crippen molar-refractivity contribution < 1.29 is 33.9 Å². The smallest absolute Gasteiger partial charge is 0.331 e. The molecule has 226 valence electrons. The molecule has 2 aromatic rings. The highest BCUT2D eigenvalue weighted by Gasteiger charge is 2.57. The van der Waals surface area contributed by atoms with Crippen LogP contribution in [-0.4, -0.2) is 96.3 Å². The molecule has 4 heterocycles. The number of carboxylic acids is 1. The summed E-state index contributed by atoms with van der Waals surface area (Å²) in [6, 6.07) is -0.933. The standard InChI is InChI=1S/C23H26ClN7O7S4/c1-22(2,3)38-11(32)5-4-6-37-30-13(12-15(24)42-20(25)28-12)16(33)27-14-17(34)31-7-23(19(35)36,8-39-18(14)31)9-40-21-29-26-10-41-21/h4-5,10,14,18H,6-9H2,1-3H3,(H2,25,28)(H,27,33)(H,35,36)/t14?,18-,23?/m1/s1. The van der Waals surface area contributed by atoms with Gasteiger partial charge in [-0.25, -0.2) is 9.78 Å². The van der Waals surface area contributed by atoms with Gasteiger partial charge >= 0.3 is 11.9 Å². The second kappa shape index (κ2) is 13.2. The highest BCUT2D eigenvalue weighted by atomic mass is 35.5. The zero-order valence-corrected chi connectivity index (χ0v) is 26.5. The largest absolute Gasteiger partial charge is 0.481 e. The summed E-state index contributed by atoms with van der Waals surface area (Å²) in [5.41, 5.74) is 5.09. The van der Waals surface area contributed by atoms with Crippen LogP contribution in [0, 0.1) is 5.41 Å². The molecule has 0 aromatic carbocycles. The molecule has 2 saturated heterocycles. The Labute approximate surface area is 261 Å². The number of thioether (sulfide) groups is 2. The highest BCUT2D eigenvalue weighted by molar-refractivity contribution is 8.01. The van der Waals surface area contributed by atoms with Gasteiger partial charge in [0.05, 0.1) is 0 Å². The van der Waals surface area contributed by atoms with E-state index in [4.69, 9.17) is 26.9 Å². The van der Waals surface area contributed by atoms with E-state index in [1.54, 1.807) is 26.3 Å². The summed E-state index contributed by atoms with van der Waals surface area (Å²) in [4.78, 5) is 61.1. The molecule has 0 bridgehead atoms. The third-order valence-electron chi connectivity index (χ3n) is 5.73. The fraction of sp³-hybridized carbons (Fsp3) is 0.478. The SMILES string of the molecule is CC(C)(C)OC(=O)C=CCON=C(C(=O)NC1C(=O)N2CC(CSc3nncs3)(C(=O)O)CS[C@H]12)c1nc(N)sc1Cl. The van der Waals surface area contributed by atoms with Gasteiger partial charge in [-0.3, -0.25) is 14.4 Å². The molecule has 14 nitrogen and oxygen atoms in total. The predicted molar refractivity (Wildman–Crippen MR) is 160 cm³/mol. The lowest BCUT2D eigenvalue weighted by Gasteiger charge is -2.53. The molecule has 2 fully saturated rings. The van der Waals surface area contributed by atoms with Crippen molar-refractivity contribution in [3.8, 4) is 0 Å². The number of β-lactam (4-membered cyclic amide) rings is 1. The Morgan fingerprint density at radius 1 is 1.40 bits per heavy atom. The number of carboxylic acid groups (broad SMARTS) is 1. The first-order valence-corrected chi connectivity index (χ1v) is 16.3. The van der Waals surface area contributed by atoms with Crippen LogP contribution in [-0.2, 0) is 28.8 Å². The number of halogens is 1. The number of nitrogens with two attached hydrogens (primary N) is 1. The third-order valence-corrected chi connectivity index (χ3v) is 10.5. The zero-order valence-electron chi connectivity index (χ0n) is 22.4. The number of amides is 2. The van der Waals surface area contributed by atoms with Crippen LogP contribution in [0.3, 0.4) is 0 Å². The molecular weight excluding hydrogens is 650 g/mol. The fourth-order valence-corrected chi connectivity index (χ4v) is 8.10. The maximum atomic E-state index is 13.3. The van der Waals surface area contributed by atoms with Crippen LogP contribution in [0.4, 0.5) is 5.13 Å². The number of carbonyl (C=O) groups is 4. The van der Waals surface area contributed by atoms with Crippen molar-refractivity contribution in [1.82, 2.24) is 25.4 Å². The number of thiazole rings is 1. The van der Waals surface area contributed by atoms with E-state index in [0.717, 1.165) is 11.3 Å². The maximum absolute atomic E-state index is 13.3. The Kier molecular flexibility index (Phi) is 10.0. The van der Waals surface area contributed by atoms with Crippen molar-refractivity contribution in [3.63, 3.8) is 0 Å². The Hall–Kier alpha value is -2.93. The second-order valence-electron chi connectivity index (χ2n) is 10.0. The van der Waals surface area contributed by atoms with Crippen LogP contribution < -0.4 is 11.1 Å². The monoisotopic (exact) mass is 675 g/mol. The zero-order chi connectivity index (χ0) is 30.7. The first-order chi connectivity index (χ1) is 19.8. The Morgan fingerprint density at radius 3 is 2.79 bits per heavy atom. The average molecular weight is 676 g/mol. The van der Waals surface area contributed by atoms with Crippen LogP contribution in [0.5, 0.6) is 0 Å². The highest BCUT2D eigenvalue weighted by Crippen LogP contribution is 2.44. The van der Waals surface area contributed by atoms with Crippen molar-refractivity contribution >= 4 is 92.4 Å². The summed E-state index contributed by atoms with van der Waals surface area (Å²) in [5.74, 6) is -2.40. The number of nitrogens with one attached hydrogen (secondary N) is 1. The number of ether oxygens (including phenoxy) is 1. The Balaban J connectivity index is 1.41. The molecule has 4 N–H and O–H groups in total. The van der Waals surface area contributed by atoms with Gasteiger partial charge in [-0.1, -0.05) is 51.2 Å². The van der Waals surface area contributed by atoms with E-state index >= 15 is 0 Å². The summed E-state index contributed by atoms with van der Waals surface area (Å²) < 4.78 is 5.89. The minimum absolute atomic E-state index is 0.0144. The van der Waals surface area contributed by atoms with Crippen molar-refractivity contribution in [2.75, 3.05) is 30.4 Å². The van der Waals surface area contributed by atoms with Crippen LogP contribution in [0.2, 0.25) is 4.34 Å². The summed E-state index contributed by atoms with van der Waals surface area (Å²) in [5, 5.41) is 23.8. The maximum Gasteiger partial charge on any atom is 0.331 e. The van der Waals surface area contributed by atoms with Crippen molar-refractivity contribution in [3.05, 3.63) is 27.7 Å². The number of esters is 1. The molecule has 42 heavy (non-hydrogen) atoms. The molecule has 2 aromatic heterocycles. The van der Waals surface area contributed by atoms with E-state index < -0.39 is 46.2 Å². The summed E-state index contributed by atoms with van der Waals surface area (Å²) in [6.45, 7) is 4.99. The molecule has 0 spiro atoms. The first-order valence-electron chi connectivity index (χ1n) is 12.2. The molecule has 0 aliphatic carbocycles. The lowest BCUT2D eigenvalue weighted by Crippen LogP contribution is -2.74. The molecule has 0 saturated carbocycles. The molecule has 19 heteroatoms. The minimum atomic E-state index is -1.19. The van der Waals surface area contributed by atoms with E-state index in [9.17, 15) is 24.3 Å². The van der Waals surface area contributed by atoms with E-state index in [1.165, 1.54) is 51.9 Å². The van der Waals surface area contributed by atoms with E-state index in [2.05, 4.69) is 25.7 Å². The first kappa shape index (κ1) is 32.0. The molecule has 0 radical (unpaired) electrons. The molecule has 2 amide bonds. The van der Waals surface area contributed by atoms with Gasteiger partial charge in [0.2, 0.25) is 5.91 Å². The van der Waals surface area contributed by atoms with Gasteiger partial charge in [-0.2, -0.15) is 0 Å². The van der Waals surface area contributed by atoms with Gasteiger partial charge in [0.1, 0.15) is 44.6 Å². The van der Waals surface area contributed by atoms with E-state index in [-0.39, 0.29) is 45.5 Å². The number of carbonyl (C=O) groups excluding carboxylic acids is 3. The number of rotatable bonds is 11. The number of fused-ring (bicyclic) bond motifs is 1. The second-order valence-corrected chi connectivity index (χ2v) is 14.8. The van der Waals surface area contributed by atoms with Crippen LogP contribution in [0.25, 0.3) is 0 Å². The van der Waals surface area contributed by atoms with Crippen molar-refractivity contribution in [2.24, 2.45) is 10.6 Å². The van der Waals surface area contributed by atoms with Gasteiger partial charge in [-0.15, -0.1) is 22.0 Å². The van der Waals surface area contributed by atoms with Crippen molar-refractivity contribution in [2.45, 2.75) is 42.1 Å². The molecule has 3 atom stereocenters. The summed E-state index contributed by atoms with van der Waals surface area (Å²) >= 11 is 11.0. The molecule has 2 aliphatic rings. The normalized spacial score (nSPS) is 22.4. The van der Waals surface area contributed by atoms with E-state index in [0.29, 0.717) is 4.34 Å². The van der Waals surface area contributed by atoms with Crippen molar-refractivity contribution in [1.29, 1.82) is 0 Å². The number of hydrogen-bond acceptors (Lipinski definition) is 15. The van der Waals surface area contributed by atoms with Gasteiger partial charge in [0.25, 0.3) is 5.91 Å². The number of nitrogens with zero attached hydrogens (tertiary/aromatic N) is 5. The third kappa shape index (κ3) is 7.52. The molecule has 4 rings (SSSR count). The van der Waals surface area contributed by atoms with Crippen LogP contribution in [0.15, 0.2) is 27.2 Å². The number of oxime groups is 1. The van der Waals surface area contributed by atoms with Gasteiger partial charge in [0, 0.05) is 24.1 Å². The number of aliphatic carboxylic acids is 1. The lowest BCUT2D eigenvalue weighted by molar-refractivity contribution is -0.157. The fourth-order valence-electron chi connectivity index (χ4n) is 3.82. The average Bonchev–Trinajstić information content (AvgIpc) is 3.55. The lowest BCUT2D eigenvalue weighted by atomic mass is 9.89. The quantitative estimate of drug-likeness (QED) is 0.0596. The topological polar surface area (TPSA) is 199 Å². The summed E-state index contributed by atoms with van der Waals surface area (Å²) in [7, 11) is 0. The van der Waals surface area contributed by atoms with Crippen LogP contribution >= 0.6 is 57.8 Å². The number of hydrogen-bond donors (Lipinski definition) is 3. The molecule has 2 aliphatic heterocycles. The van der Waals surface area contributed by atoms with Gasteiger partial charge in [-0.05, 0) is 26.8 Å². The van der Waals surface area contributed by atoms with E-state index in [1.807, 2.05) is 0 Å². The summed E-state index contributed by atoms with van der Waals surface area (Å²) in [6.07, 6.45) is 2.52. The van der Waals surface area contributed by atoms with Crippen LogP contribution in [0.1, 0.15) is 26.5 Å². The van der Waals surface area contributed by atoms with Gasteiger partial charge in [0.15, 0.2) is 15.2 Å². The minimum Gasteiger partial charge on any atom is -0.481 e. The molecule has 2 unspecified atom stereocenters. The number of aromatic nitrogens is 3. The number of anilines is 1. The van der Waals surface area contributed by atoms with Gasteiger partial charge < -0.3 is 30.6 Å². The predicted octanol–water partition coefficient (Wildman–Crippen LogP) is 2.11. The Bertz CT molecular complexity index is 1410. The number of nitrogen functional groups attached to an aromatic ring is 1. The Morgan fingerprint density at radius 2 is 2.17 bits per heavy atom.